The number of ether oxygens (including phenoxy) is 1. The van der Waals surface area contributed by atoms with Gasteiger partial charge in [-0.3, -0.25) is 4.79 Å². The van der Waals surface area contributed by atoms with Gasteiger partial charge in [-0.05, 0) is 50.8 Å². The van der Waals surface area contributed by atoms with Crippen LogP contribution in [-0.4, -0.2) is 29.1 Å². The van der Waals surface area contributed by atoms with Crippen LogP contribution in [-0.2, 0) is 9.53 Å². The van der Waals surface area contributed by atoms with Gasteiger partial charge in [0.25, 0.3) is 5.91 Å². The lowest BCUT2D eigenvalue weighted by molar-refractivity contribution is -0.125. The second-order valence-corrected chi connectivity index (χ2v) is 7.47. The van der Waals surface area contributed by atoms with E-state index in [0.29, 0.717) is 11.5 Å². The lowest BCUT2D eigenvalue weighted by atomic mass is 9.86. The molecule has 0 radical (unpaired) electrons. The SMILES string of the molecule is Cc1cc(C(=O)OCC(=O)NC2CCCCC2C)c(C)n1-c1ccccc1. The summed E-state index contributed by atoms with van der Waals surface area (Å²) in [5, 5.41) is 3.01. The fourth-order valence-electron chi connectivity index (χ4n) is 3.93. The van der Waals surface area contributed by atoms with E-state index in [1.54, 1.807) is 0 Å². The summed E-state index contributed by atoms with van der Waals surface area (Å²) in [6.07, 6.45) is 4.50. The van der Waals surface area contributed by atoms with Crippen molar-refractivity contribution in [1.29, 1.82) is 0 Å². The monoisotopic (exact) mass is 368 g/mol. The van der Waals surface area contributed by atoms with E-state index in [4.69, 9.17) is 4.74 Å². The van der Waals surface area contributed by atoms with E-state index in [-0.39, 0.29) is 18.6 Å². The number of hydrogen-bond acceptors (Lipinski definition) is 3. The number of carbonyl (C=O) groups is 2. The lowest BCUT2D eigenvalue weighted by Gasteiger charge is -2.29. The third kappa shape index (κ3) is 4.41. The highest BCUT2D eigenvalue weighted by Crippen LogP contribution is 2.24. The summed E-state index contributed by atoms with van der Waals surface area (Å²) < 4.78 is 7.30. The predicted molar refractivity (Wildman–Crippen MR) is 105 cm³/mol. The fraction of sp³-hybridized carbons (Fsp3) is 0.455. The Morgan fingerprint density at radius 1 is 1.15 bits per heavy atom. The smallest absolute Gasteiger partial charge is 0.340 e. The van der Waals surface area contributed by atoms with E-state index in [1.807, 2.05) is 54.8 Å². The van der Waals surface area contributed by atoms with Gasteiger partial charge in [-0.1, -0.05) is 38.0 Å². The molecule has 1 aromatic carbocycles. The maximum Gasteiger partial charge on any atom is 0.340 e. The van der Waals surface area contributed by atoms with Crippen molar-refractivity contribution in [1.82, 2.24) is 9.88 Å². The molecule has 5 nitrogen and oxygen atoms in total. The number of esters is 1. The van der Waals surface area contributed by atoms with Gasteiger partial charge in [0.1, 0.15) is 0 Å². The molecule has 5 heteroatoms. The summed E-state index contributed by atoms with van der Waals surface area (Å²) in [7, 11) is 0. The van der Waals surface area contributed by atoms with E-state index in [0.717, 1.165) is 36.3 Å². The molecule has 0 aliphatic heterocycles. The first-order valence-corrected chi connectivity index (χ1v) is 9.68. The van der Waals surface area contributed by atoms with E-state index in [9.17, 15) is 9.59 Å². The third-order valence-electron chi connectivity index (χ3n) is 5.46. The molecule has 0 saturated heterocycles. The minimum Gasteiger partial charge on any atom is -0.452 e. The molecular weight excluding hydrogens is 340 g/mol. The van der Waals surface area contributed by atoms with Crippen molar-refractivity contribution in [3.63, 3.8) is 0 Å². The standard InChI is InChI=1S/C22H28N2O3/c1-15-9-7-8-12-20(15)23-21(25)14-27-22(26)19-13-16(2)24(17(19)3)18-10-5-4-6-11-18/h4-6,10-11,13,15,20H,7-9,12,14H2,1-3H3,(H,23,25). The summed E-state index contributed by atoms with van der Waals surface area (Å²) in [6.45, 7) is 5.76. The zero-order valence-corrected chi connectivity index (χ0v) is 16.3. The van der Waals surface area contributed by atoms with Gasteiger partial charge >= 0.3 is 5.97 Å². The van der Waals surface area contributed by atoms with Gasteiger partial charge in [0, 0.05) is 23.1 Å². The van der Waals surface area contributed by atoms with Crippen LogP contribution in [0.1, 0.15) is 54.4 Å². The predicted octanol–water partition coefficient (Wildman–Crippen LogP) is 3.95. The quantitative estimate of drug-likeness (QED) is 0.813. The summed E-state index contributed by atoms with van der Waals surface area (Å²) >= 11 is 0. The summed E-state index contributed by atoms with van der Waals surface area (Å²) in [4.78, 5) is 24.7. The number of aryl methyl sites for hydroxylation is 1. The van der Waals surface area contributed by atoms with Crippen LogP contribution in [0.3, 0.4) is 0 Å². The Balaban J connectivity index is 1.62. The maximum atomic E-state index is 12.5. The zero-order chi connectivity index (χ0) is 19.4. The van der Waals surface area contributed by atoms with Crippen LogP contribution < -0.4 is 5.32 Å². The number of carbonyl (C=O) groups excluding carboxylic acids is 2. The highest BCUT2D eigenvalue weighted by atomic mass is 16.5. The van der Waals surface area contributed by atoms with Crippen LogP contribution in [0.25, 0.3) is 5.69 Å². The van der Waals surface area contributed by atoms with Gasteiger partial charge in [0.15, 0.2) is 6.61 Å². The molecule has 3 rings (SSSR count). The first kappa shape index (κ1) is 19.2. The number of rotatable bonds is 5. The van der Waals surface area contributed by atoms with Crippen LogP contribution in [0.15, 0.2) is 36.4 Å². The minimum absolute atomic E-state index is 0.188. The van der Waals surface area contributed by atoms with Crippen molar-refractivity contribution < 1.29 is 14.3 Å². The zero-order valence-electron chi connectivity index (χ0n) is 16.3. The molecule has 1 amide bonds. The Kier molecular flexibility index (Phi) is 5.99. The van der Waals surface area contributed by atoms with Crippen molar-refractivity contribution in [2.45, 2.75) is 52.5 Å². The number of nitrogens with zero attached hydrogens (tertiary/aromatic N) is 1. The Morgan fingerprint density at radius 2 is 1.85 bits per heavy atom. The molecule has 2 unspecified atom stereocenters. The number of para-hydroxylation sites is 1. The van der Waals surface area contributed by atoms with Crippen LogP contribution in [0.5, 0.6) is 0 Å². The molecule has 2 atom stereocenters. The maximum absolute atomic E-state index is 12.5. The highest BCUT2D eigenvalue weighted by molar-refractivity contribution is 5.93. The van der Waals surface area contributed by atoms with Crippen LogP contribution in [0.4, 0.5) is 0 Å². The molecule has 0 bridgehead atoms. The van der Waals surface area contributed by atoms with Crippen molar-refractivity contribution in [3.8, 4) is 5.69 Å². The molecule has 1 aliphatic rings. The van der Waals surface area contributed by atoms with E-state index >= 15 is 0 Å². The molecule has 27 heavy (non-hydrogen) atoms. The van der Waals surface area contributed by atoms with Crippen molar-refractivity contribution in [2.75, 3.05) is 6.61 Å². The summed E-state index contributed by atoms with van der Waals surface area (Å²) in [6, 6.07) is 11.9. The number of benzene rings is 1. The first-order chi connectivity index (χ1) is 13.0. The fourth-order valence-corrected chi connectivity index (χ4v) is 3.93. The van der Waals surface area contributed by atoms with E-state index in [2.05, 4.69) is 12.2 Å². The molecule has 1 N–H and O–H groups in total. The molecule has 0 spiro atoms. The van der Waals surface area contributed by atoms with Gasteiger partial charge in [-0.2, -0.15) is 0 Å². The molecule has 1 aliphatic carbocycles. The summed E-state index contributed by atoms with van der Waals surface area (Å²) in [5.41, 5.74) is 3.25. The third-order valence-corrected chi connectivity index (χ3v) is 5.46. The highest BCUT2D eigenvalue weighted by Gasteiger charge is 2.24. The second kappa shape index (κ2) is 8.42. The van der Waals surface area contributed by atoms with Crippen molar-refractivity contribution >= 4 is 11.9 Å². The molecule has 1 fully saturated rings. The molecule has 1 aromatic heterocycles. The van der Waals surface area contributed by atoms with Gasteiger partial charge in [0.2, 0.25) is 0 Å². The van der Waals surface area contributed by atoms with Crippen LogP contribution >= 0.6 is 0 Å². The molecule has 1 saturated carbocycles. The topological polar surface area (TPSA) is 60.3 Å². The summed E-state index contributed by atoms with van der Waals surface area (Å²) in [5.74, 6) is -0.209. The van der Waals surface area contributed by atoms with E-state index < -0.39 is 5.97 Å². The lowest BCUT2D eigenvalue weighted by Crippen LogP contribution is -2.42. The number of nitrogens with one attached hydrogen (secondary N) is 1. The van der Waals surface area contributed by atoms with Gasteiger partial charge in [0.05, 0.1) is 5.56 Å². The molecule has 1 heterocycles. The second-order valence-electron chi connectivity index (χ2n) is 7.47. The van der Waals surface area contributed by atoms with Crippen molar-refractivity contribution in [2.24, 2.45) is 5.92 Å². The number of aromatic nitrogens is 1. The van der Waals surface area contributed by atoms with Gasteiger partial charge in [-0.25, -0.2) is 4.79 Å². The average molecular weight is 368 g/mol. The van der Waals surface area contributed by atoms with Crippen molar-refractivity contribution in [3.05, 3.63) is 53.3 Å². The Morgan fingerprint density at radius 3 is 2.56 bits per heavy atom. The Hall–Kier alpha value is -2.56. The minimum atomic E-state index is -0.461. The largest absolute Gasteiger partial charge is 0.452 e. The number of amides is 1. The van der Waals surface area contributed by atoms with E-state index in [1.165, 1.54) is 6.42 Å². The van der Waals surface area contributed by atoms with Gasteiger partial charge in [-0.15, -0.1) is 0 Å². The average Bonchev–Trinajstić information content (AvgIpc) is 2.96. The first-order valence-electron chi connectivity index (χ1n) is 9.68. The Labute approximate surface area is 160 Å². The normalized spacial score (nSPS) is 19.5. The molecule has 2 aromatic rings. The van der Waals surface area contributed by atoms with Crippen LogP contribution in [0, 0.1) is 19.8 Å². The molecule has 144 valence electrons. The Bertz CT molecular complexity index is 810. The number of hydrogen-bond donors (Lipinski definition) is 1. The van der Waals surface area contributed by atoms with Gasteiger partial charge < -0.3 is 14.6 Å². The van der Waals surface area contributed by atoms with Crippen LogP contribution in [0.2, 0.25) is 0 Å². The molecular formula is C22H28N2O3.